The Morgan fingerprint density at radius 2 is 2.04 bits per heavy atom. The van der Waals surface area contributed by atoms with Crippen LogP contribution >= 0.6 is 0 Å². The van der Waals surface area contributed by atoms with Crippen molar-refractivity contribution in [3.05, 3.63) is 84.1 Å². The molecular formula is C19H15FN4O2. The molecule has 130 valence electrons. The summed E-state index contributed by atoms with van der Waals surface area (Å²) >= 11 is 0. The smallest absolute Gasteiger partial charge is 0.357 e. The van der Waals surface area contributed by atoms with Gasteiger partial charge in [0.25, 0.3) is 0 Å². The third-order valence-electron chi connectivity index (χ3n) is 4.03. The number of hydrogen-bond donors (Lipinski definition) is 0. The first kappa shape index (κ1) is 16.0. The molecule has 0 radical (unpaired) electrons. The number of pyridine rings is 1. The van der Waals surface area contributed by atoms with Gasteiger partial charge in [0.05, 0.1) is 18.2 Å². The lowest BCUT2D eigenvalue weighted by molar-refractivity contribution is 0.0459. The van der Waals surface area contributed by atoms with Gasteiger partial charge in [-0.25, -0.2) is 19.2 Å². The van der Waals surface area contributed by atoms with Gasteiger partial charge in [0.1, 0.15) is 18.1 Å². The Morgan fingerprint density at radius 3 is 2.81 bits per heavy atom. The Bertz CT molecular complexity index is 1080. The second-order valence-corrected chi connectivity index (χ2v) is 5.86. The zero-order valence-corrected chi connectivity index (χ0v) is 14.0. The quantitative estimate of drug-likeness (QED) is 0.530. The minimum atomic E-state index is -0.527. The van der Waals surface area contributed by atoms with E-state index < -0.39 is 5.97 Å². The lowest BCUT2D eigenvalue weighted by atomic mass is 10.3. The number of carbonyl (C=O) groups excluding carboxylic acids is 1. The van der Waals surface area contributed by atoms with Gasteiger partial charge >= 0.3 is 5.97 Å². The number of aryl methyl sites for hydroxylation is 1. The van der Waals surface area contributed by atoms with E-state index in [9.17, 15) is 9.18 Å². The molecular weight excluding hydrogens is 335 g/mol. The summed E-state index contributed by atoms with van der Waals surface area (Å²) in [5.74, 6) is -0.874. The minimum Gasteiger partial charge on any atom is -0.454 e. The summed E-state index contributed by atoms with van der Waals surface area (Å²) in [4.78, 5) is 20.9. The van der Waals surface area contributed by atoms with Crippen LogP contribution < -0.4 is 0 Å². The van der Waals surface area contributed by atoms with Gasteiger partial charge in [0.2, 0.25) is 0 Å². The molecule has 4 rings (SSSR count). The van der Waals surface area contributed by atoms with Crippen molar-refractivity contribution in [2.24, 2.45) is 0 Å². The third kappa shape index (κ3) is 2.95. The fraction of sp³-hybridized carbons (Fsp3) is 0.105. The van der Waals surface area contributed by atoms with Gasteiger partial charge < -0.3 is 9.14 Å². The third-order valence-corrected chi connectivity index (χ3v) is 4.03. The Kier molecular flexibility index (Phi) is 3.96. The maximum absolute atomic E-state index is 13.1. The van der Waals surface area contributed by atoms with Gasteiger partial charge in [-0.2, -0.15) is 0 Å². The number of esters is 1. The Hall–Kier alpha value is -3.48. The van der Waals surface area contributed by atoms with Crippen LogP contribution in [0, 0.1) is 12.7 Å². The maximum Gasteiger partial charge on any atom is 0.357 e. The Balaban J connectivity index is 1.53. The lowest BCUT2D eigenvalue weighted by Crippen LogP contribution is -2.11. The average Bonchev–Trinajstić information content (AvgIpc) is 3.28. The summed E-state index contributed by atoms with van der Waals surface area (Å²) < 4.78 is 21.9. The molecule has 3 aromatic heterocycles. The molecule has 4 aromatic rings. The minimum absolute atomic E-state index is 0.0501. The van der Waals surface area contributed by atoms with Crippen molar-refractivity contribution in [1.82, 2.24) is 18.9 Å². The highest BCUT2D eigenvalue weighted by Crippen LogP contribution is 2.15. The Labute approximate surface area is 148 Å². The monoisotopic (exact) mass is 350 g/mol. The predicted octanol–water partition coefficient (Wildman–Crippen LogP) is 3.32. The predicted molar refractivity (Wildman–Crippen MR) is 92.6 cm³/mol. The highest BCUT2D eigenvalue weighted by atomic mass is 19.1. The lowest BCUT2D eigenvalue weighted by Gasteiger charge is -2.07. The molecule has 26 heavy (non-hydrogen) atoms. The van der Waals surface area contributed by atoms with Crippen LogP contribution in [-0.2, 0) is 11.3 Å². The van der Waals surface area contributed by atoms with Gasteiger partial charge in [-0.15, -0.1) is 0 Å². The van der Waals surface area contributed by atoms with Gasteiger partial charge in [-0.1, -0.05) is 6.07 Å². The topological polar surface area (TPSA) is 61.4 Å². The first-order valence-electron chi connectivity index (χ1n) is 8.00. The molecule has 3 heterocycles. The zero-order chi connectivity index (χ0) is 18.1. The summed E-state index contributed by atoms with van der Waals surface area (Å²) in [6.07, 6.45) is 6.62. The highest BCUT2D eigenvalue weighted by Gasteiger charge is 2.15. The van der Waals surface area contributed by atoms with E-state index in [4.69, 9.17) is 4.74 Å². The van der Waals surface area contributed by atoms with Crippen molar-refractivity contribution in [2.45, 2.75) is 13.5 Å². The summed E-state index contributed by atoms with van der Waals surface area (Å²) in [5.41, 5.74) is 3.41. The standard InChI is InChI=1S/C19H15FN4O2/c1-13-3-2-8-23-10-15(22-18(13)23)11-26-19(25)17-9-21-12-24(17)16-6-4-14(20)5-7-16/h2-10,12H,11H2,1H3. The molecule has 0 spiro atoms. The first-order valence-corrected chi connectivity index (χ1v) is 8.00. The first-order chi connectivity index (χ1) is 12.6. The van der Waals surface area contributed by atoms with Crippen LogP contribution in [-0.4, -0.2) is 24.9 Å². The number of ether oxygens (including phenoxy) is 1. The number of nitrogens with zero attached hydrogens (tertiary/aromatic N) is 4. The normalized spacial score (nSPS) is 11.0. The van der Waals surface area contributed by atoms with E-state index in [1.807, 2.05) is 35.9 Å². The molecule has 0 saturated carbocycles. The molecule has 0 aliphatic rings. The molecule has 7 heteroatoms. The average molecular weight is 350 g/mol. The van der Waals surface area contributed by atoms with Crippen molar-refractivity contribution in [1.29, 1.82) is 0 Å². The summed E-state index contributed by atoms with van der Waals surface area (Å²) in [5, 5.41) is 0. The van der Waals surface area contributed by atoms with Crippen molar-refractivity contribution in [3.8, 4) is 5.69 Å². The van der Waals surface area contributed by atoms with E-state index in [2.05, 4.69) is 9.97 Å². The second-order valence-electron chi connectivity index (χ2n) is 5.86. The molecule has 6 nitrogen and oxygen atoms in total. The number of rotatable bonds is 4. The zero-order valence-electron chi connectivity index (χ0n) is 14.0. The van der Waals surface area contributed by atoms with E-state index in [1.165, 1.54) is 24.7 Å². The number of benzene rings is 1. The van der Waals surface area contributed by atoms with Crippen LogP contribution in [0.4, 0.5) is 4.39 Å². The van der Waals surface area contributed by atoms with E-state index in [0.29, 0.717) is 11.4 Å². The van der Waals surface area contributed by atoms with Crippen molar-refractivity contribution >= 4 is 11.6 Å². The summed E-state index contributed by atoms with van der Waals surface area (Å²) in [6, 6.07) is 9.69. The number of halogens is 1. The summed E-state index contributed by atoms with van der Waals surface area (Å²) in [7, 11) is 0. The fourth-order valence-electron chi connectivity index (χ4n) is 2.74. The fourth-order valence-corrected chi connectivity index (χ4v) is 2.74. The number of fused-ring (bicyclic) bond motifs is 1. The number of aromatic nitrogens is 4. The molecule has 0 N–H and O–H groups in total. The van der Waals surface area contributed by atoms with Crippen LogP contribution in [0.2, 0.25) is 0 Å². The van der Waals surface area contributed by atoms with Crippen LogP contribution in [0.25, 0.3) is 11.3 Å². The molecule has 0 bridgehead atoms. The van der Waals surface area contributed by atoms with Crippen LogP contribution in [0.3, 0.4) is 0 Å². The van der Waals surface area contributed by atoms with E-state index >= 15 is 0 Å². The van der Waals surface area contributed by atoms with Gasteiger partial charge in [0.15, 0.2) is 5.69 Å². The molecule has 1 aromatic carbocycles. The maximum atomic E-state index is 13.1. The van der Waals surface area contributed by atoms with E-state index in [-0.39, 0.29) is 18.1 Å². The number of hydrogen-bond acceptors (Lipinski definition) is 4. The van der Waals surface area contributed by atoms with Crippen molar-refractivity contribution < 1.29 is 13.9 Å². The number of imidazole rings is 2. The van der Waals surface area contributed by atoms with Gasteiger partial charge in [-0.05, 0) is 42.8 Å². The van der Waals surface area contributed by atoms with Crippen LogP contribution in [0.5, 0.6) is 0 Å². The van der Waals surface area contributed by atoms with Gasteiger partial charge in [-0.3, -0.25) is 4.57 Å². The van der Waals surface area contributed by atoms with Crippen LogP contribution in [0.15, 0.2) is 61.3 Å². The van der Waals surface area contributed by atoms with Crippen LogP contribution in [0.1, 0.15) is 21.7 Å². The second kappa shape index (κ2) is 6.44. The molecule has 0 atom stereocenters. The summed E-state index contributed by atoms with van der Waals surface area (Å²) in [6.45, 7) is 2.02. The molecule has 0 saturated heterocycles. The Morgan fingerprint density at radius 1 is 1.23 bits per heavy atom. The SMILES string of the molecule is Cc1cccn2cc(COC(=O)c3cncn3-c3ccc(F)cc3)nc12. The highest BCUT2D eigenvalue weighted by molar-refractivity contribution is 5.88. The molecule has 0 unspecified atom stereocenters. The molecule has 0 aliphatic heterocycles. The molecule has 0 amide bonds. The molecule has 0 aliphatic carbocycles. The van der Waals surface area contributed by atoms with Crippen molar-refractivity contribution in [3.63, 3.8) is 0 Å². The number of carbonyl (C=O) groups is 1. The van der Waals surface area contributed by atoms with E-state index in [0.717, 1.165) is 11.2 Å². The largest absolute Gasteiger partial charge is 0.454 e. The van der Waals surface area contributed by atoms with Crippen molar-refractivity contribution in [2.75, 3.05) is 0 Å². The van der Waals surface area contributed by atoms with E-state index in [1.54, 1.807) is 16.7 Å². The molecule has 0 fully saturated rings. The van der Waals surface area contributed by atoms with Gasteiger partial charge in [0, 0.05) is 18.1 Å².